The van der Waals surface area contributed by atoms with E-state index in [1.165, 1.54) is 22.5 Å². The van der Waals surface area contributed by atoms with Crippen molar-refractivity contribution in [2.24, 2.45) is 5.73 Å². The third-order valence-electron chi connectivity index (χ3n) is 2.94. The first kappa shape index (κ1) is 14.4. The summed E-state index contributed by atoms with van der Waals surface area (Å²) in [7, 11) is -3.64. The van der Waals surface area contributed by atoms with Gasteiger partial charge in [0.1, 0.15) is 0 Å². The van der Waals surface area contributed by atoms with E-state index in [4.69, 9.17) is 5.73 Å². The average Bonchev–Trinajstić information content (AvgIpc) is 2.76. The van der Waals surface area contributed by atoms with Gasteiger partial charge in [0.2, 0.25) is 10.0 Å². The van der Waals surface area contributed by atoms with Gasteiger partial charge in [-0.05, 0) is 34.5 Å². The molecule has 0 unspecified atom stereocenters. The smallest absolute Gasteiger partial charge is 0.283 e. The number of nitrogens with two attached hydrogens (primary N) is 1. The van der Waals surface area contributed by atoms with Crippen LogP contribution in [0, 0.1) is 10.1 Å². The Morgan fingerprint density at radius 1 is 1.47 bits per heavy atom. The molecule has 0 aliphatic carbocycles. The number of nitro benzene ring substituents is 1. The molecule has 1 saturated heterocycles. The summed E-state index contributed by atoms with van der Waals surface area (Å²) in [4.78, 5) is 10.1. The fourth-order valence-electron chi connectivity index (χ4n) is 1.92. The minimum absolute atomic E-state index is 0.0269. The van der Waals surface area contributed by atoms with Crippen LogP contribution in [0.3, 0.4) is 0 Å². The molecule has 1 aliphatic heterocycles. The zero-order chi connectivity index (χ0) is 14.2. The number of halogens is 1. The second kappa shape index (κ2) is 5.16. The lowest BCUT2D eigenvalue weighted by molar-refractivity contribution is -0.385. The Morgan fingerprint density at radius 3 is 2.63 bits per heavy atom. The summed E-state index contributed by atoms with van der Waals surface area (Å²) in [5, 5.41) is 10.7. The average molecular weight is 350 g/mol. The summed E-state index contributed by atoms with van der Waals surface area (Å²) in [6.45, 7) is 0.648. The van der Waals surface area contributed by atoms with Gasteiger partial charge in [-0.1, -0.05) is 0 Å². The highest BCUT2D eigenvalue weighted by Crippen LogP contribution is 2.29. The van der Waals surface area contributed by atoms with Crippen molar-refractivity contribution in [3.63, 3.8) is 0 Å². The predicted octanol–water partition coefficient (Wildman–Crippen LogP) is 1.08. The Kier molecular flexibility index (Phi) is 3.90. The Hall–Kier alpha value is -1.03. The van der Waals surface area contributed by atoms with Crippen LogP contribution in [0.4, 0.5) is 5.69 Å². The van der Waals surface area contributed by atoms with Crippen molar-refractivity contribution < 1.29 is 13.3 Å². The highest BCUT2D eigenvalue weighted by molar-refractivity contribution is 9.10. The number of sulfonamides is 1. The summed E-state index contributed by atoms with van der Waals surface area (Å²) in [6.07, 6.45) is 0.618. The summed E-state index contributed by atoms with van der Waals surface area (Å²) in [5.41, 5.74) is 5.52. The number of nitro groups is 1. The lowest BCUT2D eigenvalue weighted by atomic mass is 10.3. The van der Waals surface area contributed by atoms with E-state index in [2.05, 4.69) is 15.9 Å². The van der Waals surface area contributed by atoms with Gasteiger partial charge < -0.3 is 5.73 Å². The van der Waals surface area contributed by atoms with Gasteiger partial charge in [-0.25, -0.2) is 8.42 Å². The first-order valence-electron chi connectivity index (χ1n) is 5.52. The number of rotatable bonds is 3. The van der Waals surface area contributed by atoms with Crippen molar-refractivity contribution in [2.75, 3.05) is 13.1 Å². The fraction of sp³-hybridized carbons (Fsp3) is 0.400. The summed E-state index contributed by atoms with van der Waals surface area (Å²) < 4.78 is 26.0. The molecule has 1 atom stereocenters. The summed E-state index contributed by atoms with van der Waals surface area (Å²) >= 11 is 3.01. The second-order valence-corrected chi connectivity index (χ2v) is 7.07. The topological polar surface area (TPSA) is 107 Å². The minimum Gasteiger partial charge on any atom is -0.326 e. The van der Waals surface area contributed by atoms with Crippen LogP contribution >= 0.6 is 15.9 Å². The molecule has 0 radical (unpaired) electrons. The van der Waals surface area contributed by atoms with Gasteiger partial charge in [0.25, 0.3) is 5.69 Å². The molecular weight excluding hydrogens is 338 g/mol. The van der Waals surface area contributed by atoms with Crippen LogP contribution in [0.2, 0.25) is 0 Å². The SMILES string of the molecule is N[C@@H]1CCN(S(=O)(=O)c2ccc([N+](=O)[O-])c(Br)c2)C1. The van der Waals surface area contributed by atoms with Crippen molar-refractivity contribution in [3.05, 3.63) is 32.8 Å². The van der Waals surface area contributed by atoms with Crippen LogP contribution in [0.15, 0.2) is 27.6 Å². The maximum atomic E-state index is 12.3. The normalized spacial score (nSPS) is 20.6. The van der Waals surface area contributed by atoms with Crippen LogP contribution < -0.4 is 5.73 Å². The van der Waals surface area contributed by atoms with E-state index in [1.54, 1.807) is 0 Å². The van der Waals surface area contributed by atoms with E-state index in [0.29, 0.717) is 13.0 Å². The molecule has 1 aromatic rings. The van der Waals surface area contributed by atoms with Crippen LogP contribution in [0.1, 0.15) is 6.42 Å². The molecule has 2 N–H and O–H groups in total. The van der Waals surface area contributed by atoms with Crippen molar-refractivity contribution in [2.45, 2.75) is 17.4 Å². The maximum Gasteiger partial charge on any atom is 0.283 e. The standard InChI is InChI=1S/C10H12BrN3O4S/c11-9-5-8(1-2-10(9)14(15)16)19(17,18)13-4-3-7(12)6-13/h1-2,5,7H,3-4,6,12H2/t7-/m1/s1. The molecule has 0 saturated carbocycles. The monoisotopic (exact) mass is 349 g/mol. The molecule has 1 aliphatic rings. The van der Waals surface area contributed by atoms with Gasteiger partial charge in [-0.3, -0.25) is 10.1 Å². The number of nitrogens with zero attached hydrogens (tertiary/aromatic N) is 2. The lowest BCUT2D eigenvalue weighted by Crippen LogP contribution is -2.31. The Balaban J connectivity index is 2.36. The van der Waals surface area contributed by atoms with Crippen molar-refractivity contribution in [1.82, 2.24) is 4.31 Å². The van der Waals surface area contributed by atoms with Gasteiger partial charge in [-0.2, -0.15) is 4.31 Å². The molecule has 9 heteroatoms. The van der Waals surface area contributed by atoms with Crippen LogP contribution in [-0.2, 0) is 10.0 Å². The fourth-order valence-corrected chi connectivity index (χ4v) is 4.13. The Labute approximate surface area is 118 Å². The summed E-state index contributed by atoms with van der Waals surface area (Å²) in [6, 6.07) is 3.50. The van der Waals surface area contributed by atoms with Crippen LogP contribution in [0.25, 0.3) is 0 Å². The van der Waals surface area contributed by atoms with Gasteiger partial charge in [0.05, 0.1) is 14.3 Å². The van der Waals surface area contributed by atoms with Crippen LogP contribution in [0.5, 0.6) is 0 Å². The zero-order valence-corrected chi connectivity index (χ0v) is 12.2. The van der Waals surface area contributed by atoms with E-state index in [0.717, 1.165) is 0 Å². The highest BCUT2D eigenvalue weighted by atomic mass is 79.9. The van der Waals surface area contributed by atoms with E-state index in [9.17, 15) is 18.5 Å². The maximum absolute atomic E-state index is 12.3. The van der Waals surface area contributed by atoms with Crippen molar-refractivity contribution in [1.29, 1.82) is 0 Å². The largest absolute Gasteiger partial charge is 0.326 e. The zero-order valence-electron chi connectivity index (χ0n) is 9.82. The molecule has 0 amide bonds. The Morgan fingerprint density at radius 2 is 2.16 bits per heavy atom. The first-order chi connectivity index (χ1) is 8.82. The molecule has 1 aromatic carbocycles. The van der Waals surface area contributed by atoms with E-state index in [-0.39, 0.29) is 27.6 Å². The van der Waals surface area contributed by atoms with Gasteiger partial charge >= 0.3 is 0 Å². The number of benzene rings is 1. The molecule has 2 rings (SSSR count). The highest BCUT2D eigenvalue weighted by Gasteiger charge is 2.31. The predicted molar refractivity (Wildman–Crippen MR) is 72.1 cm³/mol. The molecular formula is C10H12BrN3O4S. The third-order valence-corrected chi connectivity index (χ3v) is 5.44. The molecule has 7 nitrogen and oxygen atoms in total. The number of hydrogen-bond donors (Lipinski definition) is 1. The summed E-state index contributed by atoms with van der Waals surface area (Å²) in [5.74, 6) is 0. The molecule has 104 valence electrons. The molecule has 0 aromatic heterocycles. The Bertz CT molecular complexity index is 619. The quantitative estimate of drug-likeness (QED) is 0.648. The molecule has 19 heavy (non-hydrogen) atoms. The van der Waals surface area contributed by atoms with E-state index >= 15 is 0 Å². The van der Waals surface area contributed by atoms with Crippen molar-refractivity contribution >= 4 is 31.6 Å². The molecule has 1 heterocycles. The minimum atomic E-state index is -3.64. The van der Waals surface area contributed by atoms with E-state index < -0.39 is 14.9 Å². The lowest BCUT2D eigenvalue weighted by Gasteiger charge is -2.16. The van der Waals surface area contributed by atoms with E-state index in [1.807, 2.05) is 0 Å². The van der Waals surface area contributed by atoms with Gasteiger partial charge in [-0.15, -0.1) is 0 Å². The molecule has 0 spiro atoms. The third kappa shape index (κ3) is 2.78. The second-order valence-electron chi connectivity index (χ2n) is 4.28. The van der Waals surface area contributed by atoms with Crippen molar-refractivity contribution in [3.8, 4) is 0 Å². The first-order valence-corrected chi connectivity index (χ1v) is 7.75. The number of hydrogen-bond acceptors (Lipinski definition) is 5. The molecule has 0 bridgehead atoms. The van der Waals surface area contributed by atoms with Crippen LogP contribution in [-0.4, -0.2) is 36.8 Å². The van der Waals surface area contributed by atoms with Gasteiger partial charge in [0.15, 0.2) is 0 Å². The van der Waals surface area contributed by atoms with Gasteiger partial charge in [0, 0.05) is 25.2 Å². The molecule has 1 fully saturated rings.